The van der Waals surface area contributed by atoms with Crippen molar-refractivity contribution in [2.24, 2.45) is 5.92 Å². The van der Waals surface area contributed by atoms with Crippen molar-refractivity contribution in [3.63, 3.8) is 0 Å². The van der Waals surface area contributed by atoms with Crippen molar-refractivity contribution in [1.82, 2.24) is 5.32 Å². The minimum absolute atomic E-state index is 0.282. The molecule has 1 aromatic rings. The number of hydrogen-bond acceptors (Lipinski definition) is 1. The molecule has 1 heteroatoms. The molecule has 0 bridgehead atoms. The lowest BCUT2D eigenvalue weighted by Crippen LogP contribution is -2.52. The fourth-order valence-electron chi connectivity index (χ4n) is 4.40. The van der Waals surface area contributed by atoms with E-state index in [-0.39, 0.29) is 5.54 Å². The highest BCUT2D eigenvalue weighted by Gasteiger charge is 2.41. The number of rotatable bonds is 2. The van der Waals surface area contributed by atoms with Crippen molar-refractivity contribution in [3.05, 3.63) is 35.4 Å². The molecular formula is C18H27N. The average Bonchev–Trinajstić information content (AvgIpc) is 2.49. The van der Waals surface area contributed by atoms with Crippen molar-refractivity contribution in [1.29, 1.82) is 0 Å². The van der Waals surface area contributed by atoms with Crippen LogP contribution < -0.4 is 5.32 Å². The number of benzene rings is 1. The van der Waals surface area contributed by atoms with Crippen LogP contribution in [-0.2, 0) is 5.54 Å². The summed E-state index contributed by atoms with van der Waals surface area (Å²) in [6, 6.07) is 9.07. The van der Waals surface area contributed by atoms with Crippen LogP contribution in [0.15, 0.2) is 24.3 Å². The van der Waals surface area contributed by atoms with Crippen LogP contribution in [0.3, 0.4) is 0 Å². The molecule has 3 rings (SSSR count). The second-order valence-electron chi connectivity index (χ2n) is 6.51. The van der Waals surface area contributed by atoms with Gasteiger partial charge in [-0.05, 0) is 62.6 Å². The maximum Gasteiger partial charge on any atom is 0.0465 e. The Bertz CT molecular complexity index is 411. The SMILES string of the molecule is Cc1ccccc1C1(C2CCCCC2)CCCCN1. The van der Waals surface area contributed by atoms with Gasteiger partial charge < -0.3 is 5.32 Å². The van der Waals surface area contributed by atoms with E-state index < -0.39 is 0 Å². The van der Waals surface area contributed by atoms with Gasteiger partial charge in [-0.1, -0.05) is 43.5 Å². The fraction of sp³-hybridized carbons (Fsp3) is 0.667. The third-order valence-corrected chi connectivity index (χ3v) is 5.37. The van der Waals surface area contributed by atoms with Gasteiger partial charge in [-0.25, -0.2) is 0 Å². The molecule has 1 N–H and O–H groups in total. The summed E-state index contributed by atoms with van der Waals surface area (Å²) in [5.41, 5.74) is 3.34. The molecule has 0 aromatic heterocycles. The largest absolute Gasteiger partial charge is 0.307 e. The topological polar surface area (TPSA) is 12.0 Å². The minimum Gasteiger partial charge on any atom is -0.307 e. The Hall–Kier alpha value is -0.820. The van der Waals surface area contributed by atoms with Crippen molar-refractivity contribution in [2.75, 3.05) is 6.54 Å². The van der Waals surface area contributed by atoms with Crippen LogP contribution in [0.2, 0.25) is 0 Å². The van der Waals surface area contributed by atoms with Crippen molar-refractivity contribution in [3.8, 4) is 0 Å². The highest BCUT2D eigenvalue weighted by atomic mass is 15.0. The number of hydrogen-bond donors (Lipinski definition) is 1. The summed E-state index contributed by atoms with van der Waals surface area (Å²) in [7, 11) is 0. The highest BCUT2D eigenvalue weighted by molar-refractivity contribution is 5.34. The summed E-state index contributed by atoms with van der Waals surface area (Å²) in [6.07, 6.45) is 11.2. The molecule has 104 valence electrons. The molecule has 0 spiro atoms. The number of nitrogens with one attached hydrogen (secondary N) is 1. The zero-order valence-electron chi connectivity index (χ0n) is 12.3. The number of piperidine rings is 1. The second kappa shape index (κ2) is 5.66. The first kappa shape index (κ1) is 13.2. The highest BCUT2D eigenvalue weighted by Crippen LogP contribution is 2.44. The summed E-state index contributed by atoms with van der Waals surface area (Å²) in [5.74, 6) is 0.850. The predicted molar refractivity (Wildman–Crippen MR) is 81.3 cm³/mol. The fourth-order valence-corrected chi connectivity index (χ4v) is 4.40. The van der Waals surface area contributed by atoms with Crippen molar-refractivity contribution in [2.45, 2.75) is 63.8 Å². The summed E-state index contributed by atoms with van der Waals surface area (Å²) in [6.45, 7) is 3.49. The Morgan fingerprint density at radius 2 is 1.79 bits per heavy atom. The molecule has 1 saturated heterocycles. The molecule has 1 atom stereocenters. The van der Waals surface area contributed by atoms with Crippen LogP contribution in [-0.4, -0.2) is 6.54 Å². The van der Waals surface area contributed by atoms with E-state index >= 15 is 0 Å². The van der Waals surface area contributed by atoms with Crippen LogP contribution in [0.25, 0.3) is 0 Å². The van der Waals surface area contributed by atoms with Crippen molar-refractivity contribution < 1.29 is 0 Å². The van der Waals surface area contributed by atoms with Crippen molar-refractivity contribution >= 4 is 0 Å². The van der Waals surface area contributed by atoms with Crippen LogP contribution in [0, 0.1) is 12.8 Å². The molecule has 2 fully saturated rings. The van der Waals surface area contributed by atoms with Gasteiger partial charge in [0.05, 0.1) is 0 Å². The zero-order chi connectivity index (χ0) is 13.1. The van der Waals surface area contributed by atoms with E-state index in [9.17, 15) is 0 Å². The first-order chi connectivity index (χ1) is 9.33. The third-order valence-electron chi connectivity index (χ3n) is 5.37. The van der Waals surface area contributed by atoms with E-state index in [2.05, 4.69) is 36.5 Å². The Balaban J connectivity index is 1.98. The maximum absolute atomic E-state index is 3.96. The normalized spacial score (nSPS) is 29.3. The molecule has 1 heterocycles. The molecule has 1 aromatic carbocycles. The van der Waals surface area contributed by atoms with E-state index in [0.717, 1.165) is 5.92 Å². The quantitative estimate of drug-likeness (QED) is 0.820. The summed E-state index contributed by atoms with van der Waals surface area (Å²) < 4.78 is 0. The van der Waals surface area contributed by atoms with E-state index in [0.29, 0.717) is 0 Å². The Labute approximate surface area is 117 Å². The summed E-state index contributed by atoms with van der Waals surface area (Å²) in [5, 5.41) is 3.96. The third kappa shape index (κ3) is 2.45. The molecule has 1 saturated carbocycles. The van der Waals surface area contributed by atoms with E-state index in [1.54, 1.807) is 5.56 Å². The van der Waals surface area contributed by atoms with Gasteiger partial charge in [0, 0.05) is 5.54 Å². The van der Waals surface area contributed by atoms with Gasteiger partial charge in [-0.2, -0.15) is 0 Å². The first-order valence-electron chi connectivity index (χ1n) is 8.14. The minimum atomic E-state index is 0.282. The Kier molecular flexibility index (Phi) is 3.93. The maximum atomic E-state index is 3.96. The van der Waals surface area contributed by atoms with E-state index in [1.165, 1.54) is 63.5 Å². The first-order valence-corrected chi connectivity index (χ1v) is 8.14. The molecule has 2 aliphatic rings. The van der Waals surface area contributed by atoms with Gasteiger partial charge in [0.15, 0.2) is 0 Å². The van der Waals surface area contributed by atoms with Crippen LogP contribution >= 0.6 is 0 Å². The standard InChI is InChI=1S/C18H27N/c1-15-9-5-6-12-17(15)18(13-7-8-14-19-18)16-10-3-2-4-11-16/h5-6,9,12,16,19H,2-4,7-8,10-11,13-14H2,1H3. The zero-order valence-corrected chi connectivity index (χ0v) is 12.3. The predicted octanol–water partition coefficient (Wildman–Crippen LogP) is 4.54. The number of aryl methyl sites for hydroxylation is 1. The molecular weight excluding hydrogens is 230 g/mol. The lowest BCUT2D eigenvalue weighted by Gasteiger charge is -2.47. The molecule has 0 radical (unpaired) electrons. The molecule has 1 aliphatic heterocycles. The monoisotopic (exact) mass is 257 g/mol. The average molecular weight is 257 g/mol. The Morgan fingerprint density at radius 1 is 1.00 bits per heavy atom. The van der Waals surface area contributed by atoms with Gasteiger partial charge in [0.1, 0.15) is 0 Å². The van der Waals surface area contributed by atoms with Gasteiger partial charge >= 0.3 is 0 Å². The van der Waals surface area contributed by atoms with Gasteiger partial charge in [0.2, 0.25) is 0 Å². The van der Waals surface area contributed by atoms with Crippen LogP contribution in [0.1, 0.15) is 62.5 Å². The van der Waals surface area contributed by atoms with E-state index in [4.69, 9.17) is 0 Å². The second-order valence-corrected chi connectivity index (χ2v) is 6.51. The lowest BCUT2D eigenvalue weighted by molar-refractivity contribution is 0.123. The smallest absolute Gasteiger partial charge is 0.0465 e. The van der Waals surface area contributed by atoms with Crippen LogP contribution in [0.4, 0.5) is 0 Å². The van der Waals surface area contributed by atoms with Gasteiger partial charge in [-0.3, -0.25) is 0 Å². The molecule has 0 amide bonds. The lowest BCUT2D eigenvalue weighted by atomic mass is 9.66. The molecule has 1 nitrogen and oxygen atoms in total. The molecule has 1 unspecified atom stereocenters. The van der Waals surface area contributed by atoms with Gasteiger partial charge in [0.25, 0.3) is 0 Å². The molecule has 1 aliphatic carbocycles. The Morgan fingerprint density at radius 3 is 2.47 bits per heavy atom. The van der Waals surface area contributed by atoms with Crippen LogP contribution in [0.5, 0.6) is 0 Å². The molecule has 19 heavy (non-hydrogen) atoms. The van der Waals surface area contributed by atoms with E-state index in [1.807, 2.05) is 0 Å². The summed E-state index contributed by atoms with van der Waals surface area (Å²) in [4.78, 5) is 0. The van der Waals surface area contributed by atoms with Gasteiger partial charge in [-0.15, -0.1) is 0 Å². The summed E-state index contributed by atoms with van der Waals surface area (Å²) >= 11 is 0.